The van der Waals surface area contributed by atoms with Gasteiger partial charge in [0.1, 0.15) is 5.65 Å². The third-order valence-corrected chi connectivity index (χ3v) is 3.27. The Morgan fingerprint density at radius 2 is 1.67 bits per heavy atom. The van der Waals surface area contributed by atoms with Crippen LogP contribution < -0.4 is 0 Å². The summed E-state index contributed by atoms with van der Waals surface area (Å²) in [5.41, 5.74) is 7.03. The van der Waals surface area contributed by atoms with Gasteiger partial charge in [-0.2, -0.15) is 0 Å². The van der Waals surface area contributed by atoms with E-state index in [0.717, 1.165) is 11.3 Å². The molecule has 90 valence electrons. The number of nitrogens with zero attached hydrogens (tertiary/aromatic N) is 2. The average molecular weight is 236 g/mol. The molecule has 18 heavy (non-hydrogen) atoms. The van der Waals surface area contributed by atoms with Gasteiger partial charge in [-0.25, -0.2) is 4.98 Å². The lowest BCUT2D eigenvalue weighted by atomic mass is 10.0. The van der Waals surface area contributed by atoms with Crippen molar-refractivity contribution in [1.82, 2.24) is 9.38 Å². The fourth-order valence-corrected chi connectivity index (χ4v) is 2.24. The highest BCUT2D eigenvalue weighted by Gasteiger charge is 2.07. The number of aryl methyl sites for hydroxylation is 3. The van der Waals surface area contributed by atoms with Crippen LogP contribution in [0.25, 0.3) is 16.9 Å². The fourth-order valence-electron chi connectivity index (χ4n) is 2.24. The number of rotatable bonds is 1. The Morgan fingerprint density at radius 3 is 2.50 bits per heavy atom. The van der Waals surface area contributed by atoms with E-state index in [9.17, 15) is 0 Å². The molecule has 0 bridgehead atoms. The molecule has 0 spiro atoms. The lowest BCUT2D eigenvalue weighted by molar-refractivity contribution is 1.16. The van der Waals surface area contributed by atoms with Gasteiger partial charge in [0.05, 0.1) is 5.69 Å². The van der Waals surface area contributed by atoms with Crippen molar-refractivity contribution in [2.24, 2.45) is 0 Å². The summed E-state index contributed by atoms with van der Waals surface area (Å²) in [6.45, 7) is 6.34. The second-order valence-corrected chi connectivity index (χ2v) is 4.92. The largest absolute Gasteiger partial charge is 0.306 e. The Labute approximate surface area is 107 Å². The number of fused-ring (bicyclic) bond motifs is 1. The molecule has 2 aromatic heterocycles. The van der Waals surface area contributed by atoms with E-state index in [1.807, 2.05) is 0 Å². The molecule has 0 N–H and O–H groups in total. The number of aromatic nitrogens is 2. The van der Waals surface area contributed by atoms with Crippen molar-refractivity contribution in [1.29, 1.82) is 0 Å². The number of hydrogen-bond acceptors (Lipinski definition) is 1. The highest BCUT2D eigenvalue weighted by molar-refractivity contribution is 5.66. The molecule has 2 nitrogen and oxygen atoms in total. The second kappa shape index (κ2) is 3.98. The van der Waals surface area contributed by atoms with Crippen LogP contribution in [-0.2, 0) is 0 Å². The molecular formula is C16H16N2. The van der Waals surface area contributed by atoms with E-state index in [4.69, 9.17) is 0 Å². The van der Waals surface area contributed by atoms with Gasteiger partial charge in [0.25, 0.3) is 0 Å². The van der Waals surface area contributed by atoms with Gasteiger partial charge in [-0.1, -0.05) is 23.8 Å². The molecule has 0 unspecified atom stereocenters. The van der Waals surface area contributed by atoms with Crippen LogP contribution in [0.1, 0.15) is 16.7 Å². The minimum absolute atomic E-state index is 0.997. The van der Waals surface area contributed by atoms with Crippen LogP contribution in [-0.4, -0.2) is 9.38 Å². The normalized spacial score (nSPS) is 11.1. The third kappa shape index (κ3) is 1.80. The molecule has 0 fully saturated rings. The van der Waals surface area contributed by atoms with Crippen molar-refractivity contribution in [3.8, 4) is 11.3 Å². The zero-order valence-corrected chi connectivity index (χ0v) is 10.9. The lowest BCUT2D eigenvalue weighted by Gasteiger charge is -2.03. The SMILES string of the molecule is Cc1ccc(C)c(-c2cn3cc(C)ccc3n2)c1. The van der Waals surface area contributed by atoms with Crippen molar-refractivity contribution >= 4 is 5.65 Å². The molecule has 0 amide bonds. The van der Waals surface area contributed by atoms with Crippen LogP contribution >= 0.6 is 0 Å². The van der Waals surface area contributed by atoms with E-state index < -0.39 is 0 Å². The minimum Gasteiger partial charge on any atom is -0.306 e. The van der Waals surface area contributed by atoms with E-state index in [2.05, 4.69) is 72.9 Å². The Morgan fingerprint density at radius 1 is 0.889 bits per heavy atom. The van der Waals surface area contributed by atoms with Gasteiger partial charge in [0, 0.05) is 18.0 Å². The first-order valence-corrected chi connectivity index (χ1v) is 6.16. The number of imidazole rings is 1. The quantitative estimate of drug-likeness (QED) is 0.626. The zero-order valence-electron chi connectivity index (χ0n) is 10.9. The maximum atomic E-state index is 4.69. The first-order chi connectivity index (χ1) is 8.63. The zero-order chi connectivity index (χ0) is 12.7. The number of pyridine rings is 1. The van der Waals surface area contributed by atoms with Crippen LogP contribution in [0.2, 0.25) is 0 Å². The lowest BCUT2D eigenvalue weighted by Crippen LogP contribution is -1.84. The Hall–Kier alpha value is -2.09. The standard InChI is InChI=1S/C16H16N2/c1-11-4-6-13(3)14(8-11)15-10-18-9-12(2)5-7-16(18)17-15/h4-10H,1-3H3. The minimum atomic E-state index is 0.997. The van der Waals surface area contributed by atoms with Crippen LogP contribution in [0, 0.1) is 20.8 Å². The van der Waals surface area contributed by atoms with E-state index in [1.165, 1.54) is 22.3 Å². The molecule has 1 aromatic carbocycles. The topological polar surface area (TPSA) is 17.3 Å². The van der Waals surface area contributed by atoms with Gasteiger partial charge in [0.15, 0.2) is 0 Å². The molecule has 0 aliphatic carbocycles. The Bertz CT molecular complexity index is 723. The maximum Gasteiger partial charge on any atom is 0.137 e. The molecule has 3 aromatic rings. The summed E-state index contributed by atoms with van der Waals surface area (Å²) in [5, 5.41) is 0. The maximum absolute atomic E-state index is 4.69. The van der Waals surface area contributed by atoms with Gasteiger partial charge >= 0.3 is 0 Å². The van der Waals surface area contributed by atoms with Crippen LogP contribution in [0.3, 0.4) is 0 Å². The molecule has 0 aliphatic rings. The van der Waals surface area contributed by atoms with Crippen molar-refractivity contribution < 1.29 is 0 Å². The second-order valence-electron chi connectivity index (χ2n) is 4.92. The summed E-state index contributed by atoms with van der Waals surface area (Å²) in [4.78, 5) is 4.69. The first kappa shape index (κ1) is 11.0. The third-order valence-electron chi connectivity index (χ3n) is 3.27. The summed E-state index contributed by atoms with van der Waals surface area (Å²) < 4.78 is 2.09. The molecule has 2 heteroatoms. The fraction of sp³-hybridized carbons (Fsp3) is 0.188. The van der Waals surface area contributed by atoms with Gasteiger partial charge in [0.2, 0.25) is 0 Å². The number of hydrogen-bond donors (Lipinski definition) is 0. The Kier molecular flexibility index (Phi) is 2.44. The van der Waals surface area contributed by atoms with Crippen molar-refractivity contribution in [2.75, 3.05) is 0 Å². The van der Waals surface area contributed by atoms with E-state index in [-0.39, 0.29) is 0 Å². The van der Waals surface area contributed by atoms with Crippen molar-refractivity contribution in [3.05, 3.63) is 59.4 Å². The number of benzene rings is 1. The summed E-state index contributed by atoms with van der Waals surface area (Å²) in [6, 6.07) is 10.6. The summed E-state index contributed by atoms with van der Waals surface area (Å²) in [7, 11) is 0. The Balaban J connectivity index is 2.22. The molecule has 0 radical (unpaired) electrons. The first-order valence-electron chi connectivity index (χ1n) is 6.16. The van der Waals surface area contributed by atoms with E-state index in [0.29, 0.717) is 0 Å². The van der Waals surface area contributed by atoms with Gasteiger partial charge in [-0.15, -0.1) is 0 Å². The molecular weight excluding hydrogens is 220 g/mol. The molecule has 0 atom stereocenters. The van der Waals surface area contributed by atoms with Gasteiger partial charge < -0.3 is 4.40 Å². The monoisotopic (exact) mass is 236 g/mol. The highest BCUT2D eigenvalue weighted by atomic mass is 15.0. The summed E-state index contributed by atoms with van der Waals surface area (Å²) >= 11 is 0. The average Bonchev–Trinajstić information content (AvgIpc) is 2.74. The molecule has 2 heterocycles. The molecule has 0 saturated heterocycles. The molecule has 3 rings (SSSR count). The smallest absolute Gasteiger partial charge is 0.137 e. The van der Waals surface area contributed by atoms with Crippen molar-refractivity contribution in [3.63, 3.8) is 0 Å². The predicted octanol–water partition coefficient (Wildman–Crippen LogP) is 3.93. The van der Waals surface area contributed by atoms with Crippen LogP contribution in [0.4, 0.5) is 0 Å². The summed E-state index contributed by atoms with van der Waals surface area (Å²) in [5.74, 6) is 0. The molecule has 0 saturated carbocycles. The molecule has 0 aliphatic heterocycles. The van der Waals surface area contributed by atoms with E-state index >= 15 is 0 Å². The van der Waals surface area contributed by atoms with Crippen LogP contribution in [0.15, 0.2) is 42.7 Å². The highest BCUT2D eigenvalue weighted by Crippen LogP contribution is 2.24. The van der Waals surface area contributed by atoms with E-state index in [1.54, 1.807) is 0 Å². The predicted molar refractivity (Wildman–Crippen MR) is 74.8 cm³/mol. The summed E-state index contributed by atoms with van der Waals surface area (Å²) in [6.07, 6.45) is 4.21. The van der Waals surface area contributed by atoms with Gasteiger partial charge in [-0.05, 0) is 44.0 Å². The van der Waals surface area contributed by atoms with Crippen molar-refractivity contribution in [2.45, 2.75) is 20.8 Å². The van der Waals surface area contributed by atoms with Gasteiger partial charge in [-0.3, -0.25) is 0 Å². The van der Waals surface area contributed by atoms with Crippen LogP contribution in [0.5, 0.6) is 0 Å².